The predicted molar refractivity (Wildman–Crippen MR) is 102 cm³/mol. The molecule has 0 aliphatic carbocycles. The number of carbonyl (C=O) groups is 1. The van der Waals surface area contributed by atoms with Gasteiger partial charge in [-0.05, 0) is 37.1 Å². The molecular weight excluding hydrogens is 428 g/mol. The summed E-state index contributed by atoms with van der Waals surface area (Å²) in [5, 5.41) is 14.1. The molecule has 0 spiro atoms. The molecule has 7 nitrogen and oxygen atoms in total. The number of nitro groups is 1. The number of nitrogens with one attached hydrogen (secondary N) is 1. The zero-order chi connectivity index (χ0) is 19.4. The number of hydrogen-bond donors (Lipinski definition) is 1. The standard InChI is InChI=1S/C17H16BrClN2O5/c1-9-5-14(21(23)24)15(25-3)7-13(9)20-16(22)8-26-17-10(2)4-11(18)6-12(17)19/h4-7H,8H2,1-3H3,(H,20,22). The number of rotatable bonds is 6. The molecule has 2 aromatic rings. The van der Waals surface area contributed by atoms with Crippen molar-refractivity contribution in [2.24, 2.45) is 0 Å². The maximum atomic E-state index is 12.2. The zero-order valence-electron chi connectivity index (χ0n) is 14.3. The van der Waals surface area contributed by atoms with Gasteiger partial charge in [0.05, 0.1) is 17.1 Å². The van der Waals surface area contributed by atoms with Gasteiger partial charge in [-0.25, -0.2) is 0 Å². The zero-order valence-corrected chi connectivity index (χ0v) is 16.6. The quantitative estimate of drug-likeness (QED) is 0.518. The van der Waals surface area contributed by atoms with Crippen molar-refractivity contribution >= 4 is 44.8 Å². The lowest BCUT2D eigenvalue weighted by Gasteiger charge is -2.13. The summed E-state index contributed by atoms with van der Waals surface area (Å²) in [5.41, 5.74) is 1.55. The Kier molecular flexibility index (Phi) is 6.44. The minimum atomic E-state index is -0.543. The molecule has 0 aromatic heterocycles. The minimum Gasteiger partial charge on any atom is -0.490 e. The topological polar surface area (TPSA) is 90.7 Å². The number of halogens is 2. The molecule has 1 N–H and O–H groups in total. The monoisotopic (exact) mass is 442 g/mol. The summed E-state index contributed by atoms with van der Waals surface area (Å²) in [6.45, 7) is 3.20. The second-order valence-electron chi connectivity index (χ2n) is 5.47. The largest absolute Gasteiger partial charge is 0.490 e. The van der Waals surface area contributed by atoms with E-state index in [4.69, 9.17) is 21.1 Å². The lowest BCUT2D eigenvalue weighted by Crippen LogP contribution is -2.21. The first-order valence-corrected chi connectivity index (χ1v) is 8.61. The van der Waals surface area contributed by atoms with Crippen molar-refractivity contribution in [1.29, 1.82) is 0 Å². The predicted octanol–water partition coefficient (Wildman–Crippen LogP) is 4.65. The summed E-state index contributed by atoms with van der Waals surface area (Å²) in [7, 11) is 1.32. The van der Waals surface area contributed by atoms with Crippen LogP contribution in [0.15, 0.2) is 28.7 Å². The number of amides is 1. The van der Waals surface area contributed by atoms with Crippen molar-refractivity contribution in [1.82, 2.24) is 0 Å². The number of carbonyl (C=O) groups excluding carboxylic acids is 1. The Balaban J connectivity index is 2.12. The van der Waals surface area contributed by atoms with Gasteiger partial charge in [0.15, 0.2) is 12.4 Å². The molecule has 1 amide bonds. The molecule has 9 heteroatoms. The average molecular weight is 444 g/mol. The molecule has 2 rings (SSSR count). The van der Waals surface area contributed by atoms with Crippen LogP contribution in [0, 0.1) is 24.0 Å². The van der Waals surface area contributed by atoms with E-state index in [1.54, 1.807) is 13.0 Å². The van der Waals surface area contributed by atoms with E-state index < -0.39 is 10.8 Å². The number of anilines is 1. The van der Waals surface area contributed by atoms with Gasteiger partial charge >= 0.3 is 5.69 Å². The highest BCUT2D eigenvalue weighted by molar-refractivity contribution is 9.10. The van der Waals surface area contributed by atoms with E-state index in [0.29, 0.717) is 22.0 Å². The summed E-state index contributed by atoms with van der Waals surface area (Å²) in [6, 6.07) is 6.24. The van der Waals surface area contributed by atoms with Crippen molar-refractivity contribution in [2.45, 2.75) is 13.8 Å². The van der Waals surface area contributed by atoms with Crippen LogP contribution in [-0.4, -0.2) is 24.5 Å². The van der Waals surface area contributed by atoms with E-state index in [1.807, 2.05) is 13.0 Å². The number of ether oxygens (including phenoxy) is 2. The second kappa shape index (κ2) is 8.37. The highest BCUT2D eigenvalue weighted by atomic mass is 79.9. The Labute approximate surface area is 163 Å². The summed E-state index contributed by atoms with van der Waals surface area (Å²) >= 11 is 9.45. The fourth-order valence-electron chi connectivity index (χ4n) is 2.31. The molecule has 0 saturated heterocycles. The van der Waals surface area contributed by atoms with E-state index in [9.17, 15) is 14.9 Å². The van der Waals surface area contributed by atoms with Crippen molar-refractivity contribution in [3.63, 3.8) is 0 Å². The third-order valence-electron chi connectivity index (χ3n) is 3.54. The number of methoxy groups -OCH3 is 1. The molecule has 0 radical (unpaired) electrons. The van der Waals surface area contributed by atoms with E-state index in [2.05, 4.69) is 21.2 Å². The number of aryl methyl sites for hydroxylation is 2. The van der Waals surface area contributed by atoms with Gasteiger partial charge in [0.25, 0.3) is 5.91 Å². The Morgan fingerprint density at radius 2 is 1.96 bits per heavy atom. The van der Waals surface area contributed by atoms with E-state index in [1.165, 1.54) is 19.2 Å². The Bertz CT molecular complexity index is 849. The normalized spacial score (nSPS) is 10.3. The summed E-state index contributed by atoms with van der Waals surface area (Å²) < 4.78 is 11.3. The fourth-order valence-corrected chi connectivity index (χ4v) is 3.33. The van der Waals surface area contributed by atoms with Crippen LogP contribution in [0.2, 0.25) is 5.02 Å². The highest BCUT2D eigenvalue weighted by Crippen LogP contribution is 2.33. The van der Waals surface area contributed by atoms with Crippen molar-refractivity contribution in [2.75, 3.05) is 19.0 Å². The van der Waals surface area contributed by atoms with Crippen LogP contribution in [0.1, 0.15) is 11.1 Å². The van der Waals surface area contributed by atoms with Gasteiger partial charge in [0.1, 0.15) is 5.75 Å². The number of benzene rings is 2. The van der Waals surface area contributed by atoms with Gasteiger partial charge < -0.3 is 14.8 Å². The number of hydrogen-bond acceptors (Lipinski definition) is 5. The molecule has 0 aliphatic rings. The first-order valence-electron chi connectivity index (χ1n) is 7.44. The molecule has 0 saturated carbocycles. The van der Waals surface area contributed by atoms with Crippen LogP contribution >= 0.6 is 27.5 Å². The van der Waals surface area contributed by atoms with E-state index in [-0.39, 0.29) is 18.0 Å². The van der Waals surface area contributed by atoms with Crippen LogP contribution in [0.25, 0.3) is 0 Å². The fraction of sp³-hybridized carbons (Fsp3) is 0.235. The number of nitrogens with zero attached hydrogens (tertiary/aromatic N) is 1. The maximum Gasteiger partial charge on any atom is 0.311 e. The van der Waals surface area contributed by atoms with E-state index >= 15 is 0 Å². The van der Waals surface area contributed by atoms with Gasteiger partial charge in [-0.3, -0.25) is 14.9 Å². The SMILES string of the molecule is COc1cc(NC(=O)COc2c(C)cc(Br)cc2Cl)c(C)cc1[N+](=O)[O-]. The molecular formula is C17H16BrClN2O5. The van der Waals surface area contributed by atoms with Gasteiger partial charge in [-0.1, -0.05) is 27.5 Å². The van der Waals surface area contributed by atoms with Gasteiger partial charge in [0.2, 0.25) is 0 Å². The molecule has 0 atom stereocenters. The first kappa shape index (κ1) is 20.0. The van der Waals surface area contributed by atoms with Crippen LogP contribution in [-0.2, 0) is 4.79 Å². The smallest absolute Gasteiger partial charge is 0.311 e. The van der Waals surface area contributed by atoms with Crippen molar-refractivity contribution in [3.05, 3.63) is 55.0 Å². The maximum absolute atomic E-state index is 12.2. The van der Waals surface area contributed by atoms with Crippen LogP contribution in [0.5, 0.6) is 11.5 Å². The Morgan fingerprint density at radius 1 is 1.27 bits per heavy atom. The summed E-state index contributed by atoms with van der Waals surface area (Å²) in [6.07, 6.45) is 0. The van der Waals surface area contributed by atoms with Crippen LogP contribution < -0.4 is 14.8 Å². The van der Waals surface area contributed by atoms with Crippen molar-refractivity contribution < 1.29 is 19.2 Å². The molecule has 0 bridgehead atoms. The molecule has 26 heavy (non-hydrogen) atoms. The second-order valence-corrected chi connectivity index (χ2v) is 6.79. The first-order chi connectivity index (χ1) is 12.2. The lowest BCUT2D eigenvalue weighted by molar-refractivity contribution is -0.385. The Hall–Kier alpha value is -2.32. The lowest BCUT2D eigenvalue weighted by atomic mass is 10.1. The Morgan fingerprint density at radius 3 is 2.54 bits per heavy atom. The average Bonchev–Trinajstić information content (AvgIpc) is 2.55. The summed E-state index contributed by atoms with van der Waals surface area (Å²) in [5.74, 6) is 0.0500. The summed E-state index contributed by atoms with van der Waals surface area (Å²) in [4.78, 5) is 22.7. The molecule has 0 fully saturated rings. The third kappa shape index (κ3) is 4.64. The molecule has 2 aromatic carbocycles. The molecule has 0 heterocycles. The van der Waals surface area contributed by atoms with Gasteiger partial charge in [0, 0.05) is 22.3 Å². The van der Waals surface area contributed by atoms with Crippen LogP contribution in [0.4, 0.5) is 11.4 Å². The number of nitro benzene ring substituents is 1. The van der Waals surface area contributed by atoms with Crippen LogP contribution in [0.3, 0.4) is 0 Å². The van der Waals surface area contributed by atoms with Gasteiger partial charge in [-0.2, -0.15) is 0 Å². The molecule has 0 unspecified atom stereocenters. The van der Waals surface area contributed by atoms with Crippen molar-refractivity contribution in [3.8, 4) is 11.5 Å². The van der Waals surface area contributed by atoms with Gasteiger partial charge in [-0.15, -0.1) is 0 Å². The van der Waals surface area contributed by atoms with E-state index in [0.717, 1.165) is 10.0 Å². The highest BCUT2D eigenvalue weighted by Gasteiger charge is 2.18. The minimum absolute atomic E-state index is 0.0589. The third-order valence-corrected chi connectivity index (χ3v) is 4.28. The molecule has 0 aliphatic heterocycles. The molecule has 138 valence electrons.